The number of hydrogen-bond acceptors (Lipinski definition) is 3. The van der Waals surface area contributed by atoms with Gasteiger partial charge in [0.25, 0.3) is 7.98 Å². The highest BCUT2D eigenvalue weighted by atomic mass is 32.2. The van der Waals surface area contributed by atoms with E-state index in [0.29, 0.717) is 0 Å². The molecular weight excluding hydrogens is 241 g/mol. The molecule has 1 aliphatic rings. The van der Waals surface area contributed by atoms with Crippen molar-refractivity contribution in [3.8, 4) is 11.3 Å². The molecule has 2 aromatic heterocycles. The third-order valence-corrected chi connectivity index (χ3v) is 4.55. The van der Waals surface area contributed by atoms with Gasteiger partial charge in [-0.2, -0.15) is 5.10 Å². The van der Waals surface area contributed by atoms with Crippen molar-refractivity contribution in [3.05, 3.63) is 36.2 Å². The summed E-state index contributed by atoms with van der Waals surface area (Å²) in [5.41, 5.74) is 4.29. The molecule has 3 heterocycles. The molecule has 84 valence electrons. The van der Waals surface area contributed by atoms with E-state index in [0.717, 1.165) is 27.1 Å². The molecule has 18 heavy (non-hydrogen) atoms. The minimum atomic E-state index is 0.961. The first-order valence-corrected chi connectivity index (χ1v) is 6.47. The van der Waals surface area contributed by atoms with Gasteiger partial charge in [-0.15, -0.1) is 0 Å². The number of pyridine rings is 1. The van der Waals surface area contributed by atoms with Crippen LogP contribution in [0.5, 0.6) is 0 Å². The normalized spacial score (nSPS) is 12.7. The number of benzene rings is 1. The number of fused-ring (bicyclic) bond motifs is 2. The van der Waals surface area contributed by atoms with E-state index in [1.807, 2.05) is 18.3 Å². The van der Waals surface area contributed by atoms with Crippen molar-refractivity contribution in [2.75, 3.05) is 0 Å². The zero-order valence-electron chi connectivity index (χ0n) is 9.71. The Kier molecular flexibility index (Phi) is 1.92. The van der Waals surface area contributed by atoms with Crippen molar-refractivity contribution < 1.29 is 0 Å². The highest BCUT2D eigenvalue weighted by Crippen LogP contribution is 2.47. The van der Waals surface area contributed by atoms with E-state index >= 15 is 0 Å². The van der Waals surface area contributed by atoms with Crippen LogP contribution in [0.4, 0.5) is 0 Å². The van der Waals surface area contributed by atoms with Gasteiger partial charge in [-0.1, -0.05) is 17.8 Å². The zero-order chi connectivity index (χ0) is 12.3. The third-order valence-electron chi connectivity index (χ3n) is 3.28. The first-order chi connectivity index (χ1) is 8.75. The van der Waals surface area contributed by atoms with E-state index in [9.17, 15) is 0 Å². The predicted octanol–water partition coefficient (Wildman–Crippen LogP) is 2.80. The standard InChI is InChI=1S/C13H8BN3S/c1-7-2-3-9-11-12(16-17(9)14)8-4-5-15-6-10(8)18-13(7)11/h2-6H,1H3. The van der Waals surface area contributed by atoms with E-state index in [-0.39, 0.29) is 0 Å². The van der Waals surface area contributed by atoms with Gasteiger partial charge >= 0.3 is 0 Å². The maximum Gasteiger partial charge on any atom is 0.265 e. The fourth-order valence-electron chi connectivity index (χ4n) is 2.39. The summed E-state index contributed by atoms with van der Waals surface area (Å²) in [5.74, 6) is 0. The molecule has 3 aromatic rings. The summed E-state index contributed by atoms with van der Waals surface area (Å²) in [6.45, 7) is 2.11. The summed E-state index contributed by atoms with van der Waals surface area (Å²) in [7, 11) is 5.94. The summed E-state index contributed by atoms with van der Waals surface area (Å²) in [6, 6.07) is 6.10. The molecule has 1 aromatic carbocycles. The van der Waals surface area contributed by atoms with Crippen molar-refractivity contribution in [1.82, 2.24) is 14.7 Å². The van der Waals surface area contributed by atoms with Crippen LogP contribution in [0.3, 0.4) is 0 Å². The predicted molar refractivity (Wildman–Crippen MR) is 73.0 cm³/mol. The number of nitrogens with zero attached hydrogens (tertiary/aromatic N) is 3. The van der Waals surface area contributed by atoms with Gasteiger partial charge in [0.15, 0.2) is 0 Å². The van der Waals surface area contributed by atoms with Crippen molar-refractivity contribution in [3.63, 3.8) is 0 Å². The van der Waals surface area contributed by atoms with Crippen LogP contribution < -0.4 is 0 Å². The molecule has 0 amide bonds. The summed E-state index contributed by atoms with van der Waals surface area (Å²) in [5, 5.41) is 5.61. The van der Waals surface area contributed by atoms with Crippen LogP contribution in [0.2, 0.25) is 0 Å². The van der Waals surface area contributed by atoms with Crippen LogP contribution in [0, 0.1) is 6.92 Å². The van der Waals surface area contributed by atoms with Gasteiger partial charge < -0.3 is 4.59 Å². The van der Waals surface area contributed by atoms with Crippen molar-refractivity contribution >= 4 is 30.6 Å². The van der Waals surface area contributed by atoms with Crippen LogP contribution in [0.25, 0.3) is 22.2 Å². The van der Waals surface area contributed by atoms with E-state index in [1.165, 1.54) is 15.1 Å². The molecule has 0 aliphatic carbocycles. The Morgan fingerprint density at radius 3 is 3.06 bits per heavy atom. The molecule has 0 saturated heterocycles. The van der Waals surface area contributed by atoms with Crippen molar-refractivity contribution in [1.29, 1.82) is 0 Å². The number of aromatic nitrogens is 3. The Morgan fingerprint density at radius 1 is 1.28 bits per heavy atom. The average molecular weight is 249 g/mol. The molecule has 2 radical (unpaired) electrons. The lowest BCUT2D eigenvalue weighted by atomic mass is 10.1. The highest BCUT2D eigenvalue weighted by molar-refractivity contribution is 7.99. The molecule has 0 N–H and O–H groups in total. The molecule has 0 atom stereocenters. The summed E-state index contributed by atoms with van der Waals surface area (Å²) in [6.07, 6.45) is 3.68. The molecule has 3 nitrogen and oxygen atoms in total. The summed E-state index contributed by atoms with van der Waals surface area (Å²) < 4.78 is 1.46. The fourth-order valence-corrected chi connectivity index (χ4v) is 3.54. The third kappa shape index (κ3) is 1.17. The molecule has 5 heteroatoms. The second-order valence-electron chi connectivity index (χ2n) is 4.37. The minimum Gasteiger partial charge on any atom is -0.323 e. The van der Waals surface area contributed by atoms with Crippen LogP contribution in [0.1, 0.15) is 5.56 Å². The SMILES string of the molecule is [B]n1nc2c3c(c(C)ccc31)Sc1cnccc1-2. The summed E-state index contributed by atoms with van der Waals surface area (Å²) >= 11 is 1.74. The molecule has 0 fully saturated rings. The van der Waals surface area contributed by atoms with Crippen LogP contribution in [0.15, 0.2) is 40.4 Å². The average Bonchev–Trinajstić information content (AvgIpc) is 2.72. The van der Waals surface area contributed by atoms with Crippen LogP contribution in [-0.2, 0) is 0 Å². The molecule has 0 saturated carbocycles. The van der Waals surface area contributed by atoms with Gasteiger partial charge in [-0.3, -0.25) is 4.98 Å². The molecule has 0 unspecified atom stereocenters. The molecule has 1 aliphatic heterocycles. The lowest BCUT2D eigenvalue weighted by Crippen LogP contribution is -1.93. The monoisotopic (exact) mass is 249 g/mol. The number of aryl methyl sites for hydroxylation is 1. The number of hydrogen-bond donors (Lipinski definition) is 0. The van der Waals surface area contributed by atoms with Crippen molar-refractivity contribution in [2.24, 2.45) is 0 Å². The maximum atomic E-state index is 5.94. The van der Waals surface area contributed by atoms with Crippen molar-refractivity contribution in [2.45, 2.75) is 16.7 Å². The Hall–Kier alpha value is -1.75. The fraction of sp³-hybridized carbons (Fsp3) is 0.0769. The highest BCUT2D eigenvalue weighted by Gasteiger charge is 2.23. The van der Waals surface area contributed by atoms with E-state index in [4.69, 9.17) is 7.98 Å². The van der Waals surface area contributed by atoms with Gasteiger partial charge in [0.2, 0.25) is 0 Å². The Bertz CT molecular complexity index is 794. The quantitative estimate of drug-likeness (QED) is 0.449. The van der Waals surface area contributed by atoms with Gasteiger partial charge in [0, 0.05) is 33.1 Å². The second kappa shape index (κ2) is 3.39. The van der Waals surface area contributed by atoms with Gasteiger partial charge in [0.05, 0.1) is 5.52 Å². The molecule has 0 bridgehead atoms. The smallest absolute Gasteiger partial charge is 0.265 e. The minimum absolute atomic E-state index is 0.961. The molecule has 4 rings (SSSR count). The van der Waals surface area contributed by atoms with Gasteiger partial charge in [-0.25, -0.2) is 0 Å². The molecule has 0 spiro atoms. The Balaban J connectivity index is 2.23. The summed E-state index contributed by atoms with van der Waals surface area (Å²) in [4.78, 5) is 6.56. The lowest BCUT2D eigenvalue weighted by molar-refractivity contribution is 1.02. The Morgan fingerprint density at radius 2 is 2.17 bits per heavy atom. The van der Waals surface area contributed by atoms with Crippen LogP contribution in [-0.4, -0.2) is 22.7 Å². The molecular formula is C13H8BN3S. The van der Waals surface area contributed by atoms with Gasteiger partial charge in [0.1, 0.15) is 5.69 Å². The largest absolute Gasteiger partial charge is 0.323 e. The van der Waals surface area contributed by atoms with Crippen LogP contribution >= 0.6 is 11.8 Å². The maximum absolute atomic E-state index is 5.94. The lowest BCUT2D eigenvalue weighted by Gasteiger charge is -2.16. The topological polar surface area (TPSA) is 30.7 Å². The Labute approximate surface area is 110 Å². The first kappa shape index (κ1) is 10.2. The second-order valence-corrected chi connectivity index (χ2v) is 5.42. The van der Waals surface area contributed by atoms with Gasteiger partial charge in [-0.05, 0) is 24.6 Å². The number of rotatable bonds is 0. The van der Waals surface area contributed by atoms with E-state index in [1.54, 1.807) is 18.0 Å². The first-order valence-electron chi connectivity index (χ1n) is 5.65. The van der Waals surface area contributed by atoms with E-state index < -0.39 is 0 Å². The zero-order valence-corrected chi connectivity index (χ0v) is 10.5. The van der Waals surface area contributed by atoms with E-state index in [2.05, 4.69) is 23.1 Å².